The molecule has 26 heavy (non-hydrogen) atoms. The van der Waals surface area contributed by atoms with Crippen LogP contribution in [0.15, 0.2) is 18.5 Å². The number of carboxylic acid groups (broad SMARTS) is 1. The van der Waals surface area contributed by atoms with Crippen molar-refractivity contribution in [1.82, 2.24) is 4.40 Å². The number of hydrogen-bond acceptors (Lipinski definition) is 3. The first-order valence-electron chi connectivity index (χ1n) is 8.89. The summed E-state index contributed by atoms with van der Waals surface area (Å²) in [4.78, 5) is 11.7. The van der Waals surface area contributed by atoms with Crippen molar-refractivity contribution < 1.29 is 19.0 Å². The molecule has 2 aromatic heterocycles. The molecule has 1 unspecified atom stereocenters. The van der Waals surface area contributed by atoms with Gasteiger partial charge in [-0.2, -0.15) is 5.26 Å². The van der Waals surface area contributed by atoms with Crippen molar-refractivity contribution in [3.63, 3.8) is 0 Å². The molecule has 0 bridgehead atoms. The quantitative estimate of drug-likeness (QED) is 0.902. The number of carboxylic acids is 1. The Hall–Kier alpha value is -2.39. The van der Waals surface area contributed by atoms with E-state index in [2.05, 4.69) is 6.07 Å². The van der Waals surface area contributed by atoms with Gasteiger partial charge in [0.25, 0.3) is 0 Å². The summed E-state index contributed by atoms with van der Waals surface area (Å²) in [6.07, 6.45) is 5.98. The molecule has 0 aromatic carbocycles. The minimum Gasteiger partial charge on any atom is -0.478 e. The summed E-state index contributed by atoms with van der Waals surface area (Å²) < 4.78 is 22.4. The van der Waals surface area contributed by atoms with Gasteiger partial charge in [0, 0.05) is 24.6 Å². The van der Waals surface area contributed by atoms with Crippen LogP contribution in [-0.2, 0) is 10.2 Å². The molecular formula is C20H21FN2O3. The molecule has 136 valence electrons. The van der Waals surface area contributed by atoms with E-state index < -0.39 is 17.2 Å². The summed E-state index contributed by atoms with van der Waals surface area (Å²) in [5.41, 5.74) is 0.270. The number of nitrogens with zero attached hydrogens (tertiary/aromatic N) is 2. The second kappa shape index (κ2) is 5.55. The highest BCUT2D eigenvalue weighted by molar-refractivity contribution is 5.94. The number of pyridine rings is 1. The maximum Gasteiger partial charge on any atom is 0.337 e. The molecule has 1 atom stereocenters. The van der Waals surface area contributed by atoms with Crippen LogP contribution in [0.4, 0.5) is 4.39 Å². The van der Waals surface area contributed by atoms with Crippen molar-refractivity contribution in [3.8, 4) is 6.07 Å². The highest BCUT2D eigenvalue weighted by atomic mass is 19.1. The molecule has 2 aromatic rings. The summed E-state index contributed by atoms with van der Waals surface area (Å²) in [6.45, 7) is 4.66. The van der Waals surface area contributed by atoms with Crippen LogP contribution in [0.25, 0.3) is 5.52 Å². The normalized spacial score (nSPS) is 23.5. The van der Waals surface area contributed by atoms with Crippen LogP contribution in [0.1, 0.15) is 66.9 Å². The highest BCUT2D eigenvalue weighted by Crippen LogP contribution is 2.51. The van der Waals surface area contributed by atoms with Crippen LogP contribution >= 0.6 is 0 Å². The summed E-state index contributed by atoms with van der Waals surface area (Å²) in [5, 5.41) is 19.1. The monoisotopic (exact) mass is 356 g/mol. The van der Waals surface area contributed by atoms with E-state index in [0.29, 0.717) is 25.0 Å². The number of aromatic carboxylic acids is 1. The zero-order valence-electron chi connectivity index (χ0n) is 14.9. The Balaban J connectivity index is 1.87. The Morgan fingerprint density at radius 1 is 1.42 bits per heavy atom. The molecule has 1 N–H and O–H groups in total. The van der Waals surface area contributed by atoms with E-state index in [1.165, 1.54) is 12.3 Å². The molecule has 1 saturated heterocycles. The van der Waals surface area contributed by atoms with Crippen molar-refractivity contribution in [1.29, 1.82) is 5.26 Å². The maximum absolute atomic E-state index is 15.1. The van der Waals surface area contributed by atoms with E-state index in [0.717, 1.165) is 18.4 Å². The largest absolute Gasteiger partial charge is 0.478 e. The van der Waals surface area contributed by atoms with E-state index in [4.69, 9.17) is 4.74 Å². The highest BCUT2D eigenvalue weighted by Gasteiger charge is 2.49. The summed E-state index contributed by atoms with van der Waals surface area (Å²) >= 11 is 0. The minimum absolute atomic E-state index is 0.0207. The van der Waals surface area contributed by atoms with Crippen molar-refractivity contribution in [3.05, 3.63) is 41.0 Å². The van der Waals surface area contributed by atoms with Gasteiger partial charge < -0.3 is 14.2 Å². The van der Waals surface area contributed by atoms with Crippen LogP contribution in [0, 0.1) is 17.1 Å². The predicted molar refractivity (Wildman–Crippen MR) is 92.8 cm³/mol. The van der Waals surface area contributed by atoms with Crippen molar-refractivity contribution >= 4 is 11.5 Å². The van der Waals surface area contributed by atoms with Gasteiger partial charge in [-0.15, -0.1) is 0 Å². The number of aromatic nitrogens is 1. The molecule has 2 fully saturated rings. The minimum atomic E-state index is -1.13. The topological polar surface area (TPSA) is 74.7 Å². The van der Waals surface area contributed by atoms with Gasteiger partial charge in [0.1, 0.15) is 5.82 Å². The first-order chi connectivity index (χ1) is 12.3. The molecule has 0 amide bonds. The third kappa shape index (κ3) is 2.58. The number of fused-ring (bicyclic) bond motifs is 1. The Bertz CT molecular complexity index is 950. The van der Waals surface area contributed by atoms with Gasteiger partial charge in [0.05, 0.1) is 28.2 Å². The maximum atomic E-state index is 15.1. The van der Waals surface area contributed by atoms with Crippen LogP contribution in [0.3, 0.4) is 0 Å². The molecule has 1 saturated carbocycles. The molecule has 4 rings (SSSR count). The van der Waals surface area contributed by atoms with Crippen LogP contribution in [-0.4, -0.2) is 27.7 Å². The fourth-order valence-corrected chi connectivity index (χ4v) is 4.21. The van der Waals surface area contributed by atoms with Gasteiger partial charge in [0.15, 0.2) is 0 Å². The Labute approximate surface area is 151 Å². The van der Waals surface area contributed by atoms with Gasteiger partial charge in [-0.1, -0.05) is 0 Å². The van der Waals surface area contributed by atoms with Crippen LogP contribution < -0.4 is 0 Å². The predicted octanol–water partition coefficient (Wildman–Crippen LogP) is 4.00. The van der Waals surface area contributed by atoms with Gasteiger partial charge in [-0.25, -0.2) is 9.18 Å². The number of carbonyl (C=O) groups is 1. The van der Waals surface area contributed by atoms with Crippen molar-refractivity contribution in [2.45, 2.75) is 56.5 Å². The second-order valence-corrected chi connectivity index (χ2v) is 8.09. The lowest BCUT2D eigenvalue weighted by Crippen LogP contribution is -2.33. The molecule has 3 heterocycles. The van der Waals surface area contributed by atoms with E-state index in [-0.39, 0.29) is 22.6 Å². The Kier molecular flexibility index (Phi) is 3.64. The lowest BCUT2D eigenvalue weighted by atomic mass is 9.84. The molecule has 2 aliphatic rings. The first kappa shape index (κ1) is 17.0. The number of rotatable bonds is 3. The van der Waals surface area contributed by atoms with Gasteiger partial charge in [-0.3, -0.25) is 0 Å². The molecule has 1 aliphatic heterocycles. The fourth-order valence-electron chi connectivity index (χ4n) is 4.21. The summed E-state index contributed by atoms with van der Waals surface area (Å²) in [5.74, 6) is -1.43. The van der Waals surface area contributed by atoms with E-state index in [9.17, 15) is 15.2 Å². The fraction of sp³-hybridized carbons (Fsp3) is 0.500. The zero-order valence-corrected chi connectivity index (χ0v) is 14.9. The Morgan fingerprint density at radius 2 is 2.15 bits per heavy atom. The van der Waals surface area contributed by atoms with E-state index in [1.807, 2.05) is 20.0 Å². The molecule has 0 spiro atoms. The molecule has 1 aliphatic carbocycles. The third-order valence-corrected chi connectivity index (χ3v) is 5.68. The van der Waals surface area contributed by atoms with Crippen molar-refractivity contribution in [2.24, 2.45) is 0 Å². The smallest absolute Gasteiger partial charge is 0.337 e. The van der Waals surface area contributed by atoms with Gasteiger partial charge in [0.2, 0.25) is 0 Å². The molecule has 6 heteroatoms. The molecule has 0 radical (unpaired) electrons. The van der Waals surface area contributed by atoms with E-state index in [1.54, 1.807) is 4.40 Å². The van der Waals surface area contributed by atoms with Crippen molar-refractivity contribution in [2.75, 3.05) is 6.61 Å². The average molecular weight is 356 g/mol. The SMILES string of the molecule is CC1(C)CC(c2cc(F)c3c(C4(C#N)CC4)c(C(=O)O)cn3c2)CCO1. The summed E-state index contributed by atoms with van der Waals surface area (Å²) in [6, 6.07) is 3.70. The molecular weight excluding hydrogens is 335 g/mol. The van der Waals surface area contributed by atoms with E-state index >= 15 is 4.39 Å². The third-order valence-electron chi connectivity index (χ3n) is 5.68. The lowest BCUT2D eigenvalue weighted by molar-refractivity contribution is -0.0593. The lowest BCUT2D eigenvalue weighted by Gasteiger charge is -2.35. The van der Waals surface area contributed by atoms with Crippen LogP contribution in [0.2, 0.25) is 0 Å². The number of hydrogen-bond donors (Lipinski definition) is 1. The summed E-state index contributed by atoms with van der Waals surface area (Å²) in [7, 11) is 0. The second-order valence-electron chi connectivity index (χ2n) is 8.09. The Morgan fingerprint density at radius 3 is 2.73 bits per heavy atom. The van der Waals surface area contributed by atoms with Crippen LogP contribution in [0.5, 0.6) is 0 Å². The zero-order chi connectivity index (χ0) is 18.7. The molecule has 5 nitrogen and oxygen atoms in total. The van der Waals surface area contributed by atoms with Gasteiger partial charge >= 0.3 is 5.97 Å². The average Bonchev–Trinajstić information content (AvgIpc) is 3.26. The first-order valence-corrected chi connectivity index (χ1v) is 8.89. The standard InChI is InChI=1S/C20H21FN2O3/c1-19(2)8-12(3-6-26-19)13-7-15(21)17-16(20(11-22)4-5-20)14(18(24)25)10-23(17)9-13/h7,9-10,12H,3-6,8H2,1-2H3,(H,24,25). The number of nitriles is 1. The van der Waals surface area contributed by atoms with Gasteiger partial charge in [-0.05, 0) is 57.1 Å². The number of halogens is 1. The number of ether oxygens (including phenoxy) is 1.